The first kappa shape index (κ1) is 12.8. The van der Waals surface area contributed by atoms with Crippen LogP contribution in [-0.2, 0) is 9.53 Å². The van der Waals surface area contributed by atoms with E-state index in [1.165, 1.54) is 0 Å². The highest BCUT2D eigenvalue weighted by Gasteiger charge is 2.50. The van der Waals surface area contributed by atoms with Gasteiger partial charge in [0.1, 0.15) is 0 Å². The molecule has 4 nitrogen and oxygen atoms in total. The number of carboxylic acids is 1. The number of likely N-dealkylation sites (tertiary alicyclic amines) is 1. The van der Waals surface area contributed by atoms with Crippen LogP contribution in [0.1, 0.15) is 26.7 Å². The van der Waals surface area contributed by atoms with Gasteiger partial charge in [0.25, 0.3) is 0 Å². The molecule has 0 bridgehead atoms. The van der Waals surface area contributed by atoms with Gasteiger partial charge in [-0.1, -0.05) is 13.8 Å². The molecule has 2 heterocycles. The van der Waals surface area contributed by atoms with E-state index in [9.17, 15) is 9.90 Å². The Morgan fingerprint density at radius 3 is 2.65 bits per heavy atom. The van der Waals surface area contributed by atoms with Crippen LogP contribution in [0.25, 0.3) is 0 Å². The molecular formula is C13H23NO3. The molecule has 0 radical (unpaired) electrons. The third-order valence-corrected chi connectivity index (χ3v) is 4.13. The topological polar surface area (TPSA) is 49.8 Å². The van der Waals surface area contributed by atoms with Gasteiger partial charge >= 0.3 is 5.97 Å². The van der Waals surface area contributed by atoms with Crippen molar-refractivity contribution in [3.8, 4) is 0 Å². The van der Waals surface area contributed by atoms with Gasteiger partial charge in [-0.3, -0.25) is 4.79 Å². The normalized spacial score (nSPS) is 29.0. The number of carboxylic acid groups (broad SMARTS) is 1. The number of nitrogens with zero attached hydrogens (tertiary/aromatic N) is 1. The minimum Gasteiger partial charge on any atom is -0.481 e. The molecule has 0 aliphatic carbocycles. The average molecular weight is 241 g/mol. The van der Waals surface area contributed by atoms with Crippen molar-refractivity contribution in [3.63, 3.8) is 0 Å². The van der Waals surface area contributed by atoms with E-state index in [4.69, 9.17) is 4.74 Å². The van der Waals surface area contributed by atoms with Crippen molar-refractivity contribution in [2.45, 2.75) is 26.7 Å². The molecule has 17 heavy (non-hydrogen) atoms. The largest absolute Gasteiger partial charge is 0.481 e. The third kappa shape index (κ3) is 2.63. The minimum atomic E-state index is -0.627. The van der Waals surface area contributed by atoms with Gasteiger partial charge in [0.2, 0.25) is 0 Å². The van der Waals surface area contributed by atoms with Crippen LogP contribution in [0.15, 0.2) is 0 Å². The zero-order valence-electron chi connectivity index (χ0n) is 10.8. The fourth-order valence-electron chi connectivity index (χ4n) is 3.35. The summed E-state index contributed by atoms with van der Waals surface area (Å²) < 4.78 is 5.39. The second-order valence-electron chi connectivity index (χ2n) is 5.95. The summed E-state index contributed by atoms with van der Waals surface area (Å²) in [7, 11) is 0. The first-order valence-corrected chi connectivity index (χ1v) is 6.56. The molecule has 98 valence electrons. The number of aliphatic carboxylic acids is 1. The van der Waals surface area contributed by atoms with Crippen LogP contribution >= 0.6 is 0 Å². The Morgan fingerprint density at radius 1 is 1.47 bits per heavy atom. The van der Waals surface area contributed by atoms with Crippen LogP contribution in [0, 0.1) is 17.3 Å². The molecule has 0 aromatic rings. The Morgan fingerprint density at radius 2 is 2.12 bits per heavy atom. The van der Waals surface area contributed by atoms with Gasteiger partial charge in [0.05, 0.1) is 5.92 Å². The maximum absolute atomic E-state index is 11.4. The zero-order chi connectivity index (χ0) is 12.5. The molecule has 0 amide bonds. The summed E-state index contributed by atoms with van der Waals surface area (Å²) in [6, 6.07) is 0. The maximum Gasteiger partial charge on any atom is 0.308 e. The number of carbonyl (C=O) groups is 1. The van der Waals surface area contributed by atoms with Crippen molar-refractivity contribution in [3.05, 3.63) is 0 Å². The van der Waals surface area contributed by atoms with E-state index in [-0.39, 0.29) is 11.3 Å². The second kappa shape index (κ2) is 4.94. The summed E-state index contributed by atoms with van der Waals surface area (Å²) in [4.78, 5) is 13.8. The Balaban J connectivity index is 2.09. The molecule has 1 spiro atoms. The van der Waals surface area contributed by atoms with E-state index in [1.54, 1.807) is 0 Å². The van der Waals surface area contributed by atoms with Crippen LogP contribution in [0.2, 0.25) is 0 Å². The Labute approximate surface area is 103 Å². The summed E-state index contributed by atoms with van der Waals surface area (Å²) in [6.45, 7) is 8.47. The first-order chi connectivity index (χ1) is 8.03. The van der Waals surface area contributed by atoms with Gasteiger partial charge in [-0.05, 0) is 18.8 Å². The van der Waals surface area contributed by atoms with Crippen molar-refractivity contribution in [2.24, 2.45) is 17.3 Å². The highest BCUT2D eigenvalue weighted by atomic mass is 16.5. The number of rotatable bonds is 3. The van der Waals surface area contributed by atoms with E-state index >= 15 is 0 Å². The lowest BCUT2D eigenvalue weighted by Gasteiger charge is -2.36. The standard InChI is InChI=1S/C13H23NO3/c1-10(2)7-14-8-11(12(15)16)13(9-14)3-5-17-6-4-13/h10-11H,3-9H2,1-2H3,(H,15,16). The predicted octanol–water partition coefficient (Wildman–Crippen LogP) is 1.46. The van der Waals surface area contributed by atoms with Crippen molar-refractivity contribution < 1.29 is 14.6 Å². The van der Waals surface area contributed by atoms with Crippen molar-refractivity contribution >= 4 is 5.97 Å². The molecule has 2 rings (SSSR count). The Bertz CT molecular complexity index is 284. The molecule has 0 aromatic carbocycles. The van der Waals surface area contributed by atoms with Gasteiger partial charge < -0.3 is 14.7 Å². The van der Waals surface area contributed by atoms with Gasteiger partial charge in [-0.15, -0.1) is 0 Å². The van der Waals surface area contributed by atoms with E-state index < -0.39 is 5.97 Å². The summed E-state index contributed by atoms with van der Waals surface area (Å²) in [5, 5.41) is 9.42. The van der Waals surface area contributed by atoms with Crippen LogP contribution in [0.4, 0.5) is 0 Å². The highest BCUT2D eigenvalue weighted by Crippen LogP contribution is 2.44. The highest BCUT2D eigenvalue weighted by molar-refractivity contribution is 5.72. The SMILES string of the molecule is CC(C)CN1CC(C(=O)O)C2(CCOCC2)C1. The van der Waals surface area contributed by atoms with Gasteiger partial charge in [-0.25, -0.2) is 0 Å². The minimum absolute atomic E-state index is 0.0288. The van der Waals surface area contributed by atoms with Gasteiger partial charge in [0.15, 0.2) is 0 Å². The fourth-order valence-corrected chi connectivity index (χ4v) is 3.35. The smallest absolute Gasteiger partial charge is 0.308 e. The first-order valence-electron chi connectivity index (χ1n) is 6.56. The molecule has 2 aliphatic heterocycles. The lowest BCUT2D eigenvalue weighted by atomic mass is 9.72. The molecule has 0 saturated carbocycles. The Hall–Kier alpha value is -0.610. The third-order valence-electron chi connectivity index (χ3n) is 4.13. The second-order valence-corrected chi connectivity index (χ2v) is 5.95. The Kier molecular flexibility index (Phi) is 3.73. The summed E-state index contributed by atoms with van der Waals surface area (Å²) in [5.74, 6) is -0.234. The molecule has 1 atom stereocenters. The van der Waals surface area contributed by atoms with E-state index in [1.807, 2.05) is 0 Å². The van der Waals surface area contributed by atoms with E-state index in [0.717, 1.165) is 39.1 Å². The van der Waals surface area contributed by atoms with Crippen molar-refractivity contribution in [1.29, 1.82) is 0 Å². The number of hydrogen-bond acceptors (Lipinski definition) is 3. The molecular weight excluding hydrogens is 218 g/mol. The van der Waals surface area contributed by atoms with Crippen LogP contribution in [0.5, 0.6) is 0 Å². The molecule has 1 unspecified atom stereocenters. The van der Waals surface area contributed by atoms with Crippen LogP contribution < -0.4 is 0 Å². The molecule has 1 N–H and O–H groups in total. The number of ether oxygens (including phenoxy) is 1. The van der Waals surface area contributed by atoms with E-state index in [2.05, 4.69) is 18.7 Å². The van der Waals surface area contributed by atoms with Crippen molar-refractivity contribution in [2.75, 3.05) is 32.8 Å². The predicted molar refractivity (Wildman–Crippen MR) is 64.9 cm³/mol. The van der Waals surface area contributed by atoms with Gasteiger partial charge in [0, 0.05) is 38.3 Å². The molecule has 2 fully saturated rings. The van der Waals surface area contributed by atoms with Crippen molar-refractivity contribution in [1.82, 2.24) is 4.90 Å². The van der Waals surface area contributed by atoms with Gasteiger partial charge in [-0.2, -0.15) is 0 Å². The van der Waals surface area contributed by atoms with Crippen LogP contribution in [0.3, 0.4) is 0 Å². The summed E-state index contributed by atoms with van der Waals surface area (Å²) in [5.41, 5.74) is -0.0288. The maximum atomic E-state index is 11.4. The molecule has 0 aromatic heterocycles. The molecule has 2 saturated heterocycles. The number of hydrogen-bond donors (Lipinski definition) is 1. The average Bonchev–Trinajstić information content (AvgIpc) is 2.57. The molecule has 4 heteroatoms. The lowest BCUT2D eigenvalue weighted by Crippen LogP contribution is -2.40. The fraction of sp³-hybridized carbons (Fsp3) is 0.923. The quantitative estimate of drug-likeness (QED) is 0.812. The summed E-state index contributed by atoms with van der Waals surface area (Å²) in [6.07, 6.45) is 1.80. The monoisotopic (exact) mass is 241 g/mol. The summed E-state index contributed by atoms with van der Waals surface area (Å²) >= 11 is 0. The van der Waals surface area contributed by atoms with E-state index in [0.29, 0.717) is 12.5 Å². The van der Waals surface area contributed by atoms with Crippen LogP contribution in [-0.4, -0.2) is 48.8 Å². The molecule has 2 aliphatic rings. The lowest BCUT2D eigenvalue weighted by molar-refractivity contribution is -0.146. The zero-order valence-corrected chi connectivity index (χ0v) is 10.8.